The Labute approximate surface area is 48.7 Å². The summed E-state index contributed by atoms with van der Waals surface area (Å²) in [4.78, 5) is 0. The van der Waals surface area contributed by atoms with Gasteiger partial charge in [-0.2, -0.15) is 22.0 Å². The summed E-state index contributed by atoms with van der Waals surface area (Å²) < 4.78 is 56.3. The fraction of sp³-hybridized carbons (Fsp3) is 1.00. The number of rotatable bonds is 1. The van der Waals surface area contributed by atoms with Crippen molar-refractivity contribution in [2.24, 2.45) is 0 Å². The normalized spacial score (nSPS) is 14.0. The Bertz CT molecular complexity index is 91.6. The Morgan fingerprint density at radius 1 is 1.00 bits per heavy atom. The Morgan fingerprint density at radius 2 is 1.33 bits per heavy atom. The minimum atomic E-state index is -5.39. The predicted octanol–water partition coefficient (Wildman–Crippen LogP) is 2.59. The molecule has 9 heavy (non-hydrogen) atoms. The van der Waals surface area contributed by atoms with Crippen LogP contribution in [0, 0.1) is 0 Å². The van der Waals surface area contributed by atoms with Crippen LogP contribution in [0.25, 0.3) is 0 Å². The Kier molecular flexibility index (Phi) is 2.03. The smallest absolute Gasteiger partial charge is 0.196 e. The third-order valence-electron chi connectivity index (χ3n) is 0.859. The SMILES string of the molecule is CCC(F)(F)C(F)(F)F. The molecule has 0 atom stereocenters. The van der Waals surface area contributed by atoms with Gasteiger partial charge in [0.05, 0.1) is 0 Å². The molecule has 0 amide bonds. The highest BCUT2D eigenvalue weighted by atomic mass is 19.4. The summed E-state index contributed by atoms with van der Waals surface area (Å²) in [5, 5.41) is 0. The van der Waals surface area contributed by atoms with Gasteiger partial charge in [-0.15, -0.1) is 0 Å². The second kappa shape index (κ2) is 2.11. The number of hydrogen-bond acceptors (Lipinski definition) is 0. The van der Waals surface area contributed by atoms with Gasteiger partial charge < -0.3 is 0 Å². The van der Waals surface area contributed by atoms with Crippen LogP contribution in [-0.4, -0.2) is 12.1 Å². The number of hydrogen-bond donors (Lipinski definition) is 0. The molecule has 0 N–H and O–H groups in total. The van der Waals surface area contributed by atoms with Crippen molar-refractivity contribution in [3.05, 3.63) is 0 Å². The molecule has 0 aliphatic heterocycles. The van der Waals surface area contributed by atoms with Crippen molar-refractivity contribution in [1.29, 1.82) is 0 Å². The fourth-order valence-corrected chi connectivity index (χ4v) is 0.200. The first-order valence-corrected chi connectivity index (χ1v) is 2.26. The molecule has 0 aromatic carbocycles. The van der Waals surface area contributed by atoms with E-state index in [0.29, 0.717) is 0 Å². The standard InChI is InChI=1S/C4H5F5/c1-2-3(5,6)4(7,8)9/h2H2,1H3. The maximum atomic E-state index is 11.5. The molecule has 0 heterocycles. The molecule has 0 fully saturated rings. The monoisotopic (exact) mass is 148 g/mol. The summed E-state index contributed by atoms with van der Waals surface area (Å²) in [5.74, 6) is -4.52. The minimum absolute atomic E-state index is 0.785. The molecule has 0 saturated heterocycles. The molecule has 56 valence electrons. The second-order valence-electron chi connectivity index (χ2n) is 1.56. The van der Waals surface area contributed by atoms with E-state index in [1.807, 2.05) is 0 Å². The van der Waals surface area contributed by atoms with E-state index in [1.54, 1.807) is 0 Å². The molecule has 0 radical (unpaired) electrons. The van der Waals surface area contributed by atoms with Crippen LogP contribution in [-0.2, 0) is 0 Å². The first-order chi connectivity index (χ1) is 3.81. The van der Waals surface area contributed by atoms with Crippen molar-refractivity contribution in [3.8, 4) is 0 Å². The van der Waals surface area contributed by atoms with E-state index in [0.717, 1.165) is 6.92 Å². The van der Waals surface area contributed by atoms with E-state index in [2.05, 4.69) is 0 Å². The zero-order valence-corrected chi connectivity index (χ0v) is 4.60. The van der Waals surface area contributed by atoms with Crippen LogP contribution in [0.3, 0.4) is 0 Å². The summed E-state index contributed by atoms with van der Waals surface area (Å²) >= 11 is 0. The van der Waals surface area contributed by atoms with Gasteiger partial charge in [0.2, 0.25) is 0 Å². The van der Waals surface area contributed by atoms with Gasteiger partial charge in [-0.1, -0.05) is 6.92 Å². The van der Waals surface area contributed by atoms with Crippen molar-refractivity contribution in [1.82, 2.24) is 0 Å². The maximum Gasteiger partial charge on any atom is 0.453 e. The number of halogens is 5. The Morgan fingerprint density at radius 3 is 1.33 bits per heavy atom. The van der Waals surface area contributed by atoms with Gasteiger partial charge >= 0.3 is 12.1 Å². The lowest BCUT2D eigenvalue weighted by Gasteiger charge is -2.16. The predicted molar refractivity (Wildman–Crippen MR) is 21.3 cm³/mol. The zero-order chi connectivity index (χ0) is 7.71. The molecule has 5 heteroatoms. The van der Waals surface area contributed by atoms with Crippen LogP contribution < -0.4 is 0 Å². The molecule has 0 aromatic heterocycles. The molecule has 0 rings (SSSR count). The van der Waals surface area contributed by atoms with Gasteiger partial charge in [0.15, 0.2) is 0 Å². The van der Waals surface area contributed by atoms with Crippen molar-refractivity contribution in [3.63, 3.8) is 0 Å². The highest BCUT2D eigenvalue weighted by Crippen LogP contribution is 2.37. The van der Waals surface area contributed by atoms with E-state index in [1.165, 1.54) is 0 Å². The molecule has 0 bridgehead atoms. The van der Waals surface area contributed by atoms with E-state index in [-0.39, 0.29) is 0 Å². The molecule has 0 spiro atoms. The fourth-order valence-electron chi connectivity index (χ4n) is 0.200. The van der Waals surface area contributed by atoms with Crippen LogP contribution >= 0.6 is 0 Å². The lowest BCUT2D eigenvalue weighted by Crippen LogP contribution is -2.35. The molecule has 0 aromatic rings. The van der Waals surface area contributed by atoms with Gasteiger partial charge in [-0.25, -0.2) is 0 Å². The molecular weight excluding hydrogens is 143 g/mol. The summed E-state index contributed by atoms with van der Waals surface area (Å²) in [6.07, 6.45) is -6.59. The first kappa shape index (κ1) is 8.65. The summed E-state index contributed by atoms with van der Waals surface area (Å²) in [5.41, 5.74) is 0. The Balaban J connectivity index is 4.14. The molecule has 0 saturated carbocycles. The highest BCUT2D eigenvalue weighted by molar-refractivity contribution is 4.72. The van der Waals surface area contributed by atoms with Crippen molar-refractivity contribution >= 4 is 0 Å². The summed E-state index contributed by atoms with van der Waals surface area (Å²) in [6, 6.07) is 0. The quantitative estimate of drug-likeness (QED) is 0.501. The van der Waals surface area contributed by atoms with Crippen LogP contribution in [0.15, 0.2) is 0 Å². The minimum Gasteiger partial charge on any atom is -0.196 e. The zero-order valence-electron chi connectivity index (χ0n) is 4.60. The van der Waals surface area contributed by atoms with Crippen molar-refractivity contribution in [2.75, 3.05) is 0 Å². The van der Waals surface area contributed by atoms with Crippen LogP contribution in [0.1, 0.15) is 13.3 Å². The maximum absolute atomic E-state index is 11.5. The van der Waals surface area contributed by atoms with E-state index >= 15 is 0 Å². The van der Waals surface area contributed by atoms with Crippen molar-refractivity contribution in [2.45, 2.75) is 25.4 Å². The third-order valence-corrected chi connectivity index (χ3v) is 0.859. The van der Waals surface area contributed by atoms with Gasteiger partial charge in [0.1, 0.15) is 0 Å². The van der Waals surface area contributed by atoms with Crippen LogP contribution in [0.2, 0.25) is 0 Å². The molecule has 0 nitrogen and oxygen atoms in total. The highest BCUT2D eigenvalue weighted by Gasteiger charge is 2.55. The van der Waals surface area contributed by atoms with Gasteiger partial charge in [0.25, 0.3) is 0 Å². The Hall–Kier alpha value is -0.350. The topological polar surface area (TPSA) is 0 Å². The van der Waals surface area contributed by atoms with Crippen molar-refractivity contribution < 1.29 is 22.0 Å². The molecular formula is C4H5F5. The lowest BCUT2D eigenvalue weighted by molar-refractivity contribution is -0.282. The average molecular weight is 148 g/mol. The first-order valence-electron chi connectivity index (χ1n) is 2.26. The summed E-state index contributed by atoms with van der Waals surface area (Å²) in [7, 11) is 0. The molecule has 0 unspecified atom stereocenters. The van der Waals surface area contributed by atoms with E-state index in [4.69, 9.17) is 0 Å². The third kappa shape index (κ3) is 1.80. The average Bonchev–Trinajstić information content (AvgIpc) is 1.64. The van der Waals surface area contributed by atoms with Gasteiger partial charge in [0, 0.05) is 6.42 Å². The van der Waals surface area contributed by atoms with E-state index in [9.17, 15) is 22.0 Å². The number of alkyl halides is 5. The largest absolute Gasteiger partial charge is 0.453 e. The second-order valence-corrected chi connectivity index (χ2v) is 1.56. The summed E-state index contributed by atoms with van der Waals surface area (Å²) in [6.45, 7) is 0.785. The molecule has 0 aliphatic rings. The van der Waals surface area contributed by atoms with Gasteiger partial charge in [-0.3, -0.25) is 0 Å². The van der Waals surface area contributed by atoms with E-state index < -0.39 is 18.5 Å². The van der Waals surface area contributed by atoms with Crippen LogP contribution in [0.5, 0.6) is 0 Å². The van der Waals surface area contributed by atoms with Gasteiger partial charge in [-0.05, 0) is 0 Å². The van der Waals surface area contributed by atoms with Crippen LogP contribution in [0.4, 0.5) is 22.0 Å². The molecule has 0 aliphatic carbocycles. The lowest BCUT2D eigenvalue weighted by atomic mass is 10.2.